The number of aryl methyl sites for hydroxylation is 2. The van der Waals surface area contributed by atoms with Crippen LogP contribution < -0.4 is 5.32 Å². The Balaban J connectivity index is 2.27. The molecule has 0 spiro atoms. The van der Waals surface area contributed by atoms with Gasteiger partial charge in [-0.2, -0.15) is 0 Å². The Labute approximate surface area is 129 Å². The molecular formula is C16H20BrN3. The third-order valence-electron chi connectivity index (χ3n) is 3.32. The Bertz CT molecular complexity index is 556. The van der Waals surface area contributed by atoms with Crippen molar-refractivity contribution in [1.29, 1.82) is 0 Å². The zero-order chi connectivity index (χ0) is 14.5. The molecule has 2 rings (SSSR count). The van der Waals surface area contributed by atoms with Crippen LogP contribution in [0.4, 0.5) is 0 Å². The molecule has 1 N–H and O–H groups in total. The molecule has 0 aliphatic carbocycles. The largest absolute Gasteiger partial charge is 0.317 e. The smallest absolute Gasteiger partial charge is 0.159 e. The molecule has 0 aliphatic heterocycles. The van der Waals surface area contributed by atoms with Crippen molar-refractivity contribution in [3.8, 4) is 11.4 Å². The Morgan fingerprint density at radius 3 is 2.20 bits per heavy atom. The van der Waals surface area contributed by atoms with Crippen molar-refractivity contribution in [3.63, 3.8) is 0 Å². The van der Waals surface area contributed by atoms with E-state index >= 15 is 0 Å². The maximum Gasteiger partial charge on any atom is 0.159 e. The number of nitrogens with zero attached hydrogens (tertiary/aromatic N) is 2. The van der Waals surface area contributed by atoms with Gasteiger partial charge in [0.2, 0.25) is 0 Å². The van der Waals surface area contributed by atoms with Gasteiger partial charge in [0, 0.05) is 21.4 Å². The fourth-order valence-electron chi connectivity index (χ4n) is 2.22. The van der Waals surface area contributed by atoms with E-state index in [-0.39, 0.29) is 0 Å². The van der Waals surface area contributed by atoms with Crippen LogP contribution in [0.2, 0.25) is 0 Å². The van der Waals surface area contributed by atoms with Gasteiger partial charge in [0.1, 0.15) is 0 Å². The summed E-state index contributed by atoms with van der Waals surface area (Å²) in [6.07, 6.45) is 0.978. The highest BCUT2D eigenvalue weighted by Gasteiger charge is 2.09. The quantitative estimate of drug-likeness (QED) is 0.848. The Hall–Kier alpha value is -1.26. The number of hydrogen-bond acceptors (Lipinski definition) is 3. The van der Waals surface area contributed by atoms with Crippen LogP contribution in [0.25, 0.3) is 11.4 Å². The fourth-order valence-corrected chi connectivity index (χ4v) is 2.48. The predicted molar refractivity (Wildman–Crippen MR) is 86.9 cm³/mol. The van der Waals surface area contributed by atoms with Gasteiger partial charge < -0.3 is 5.32 Å². The summed E-state index contributed by atoms with van der Waals surface area (Å²) in [7, 11) is 0. The fraction of sp³-hybridized carbons (Fsp3) is 0.375. The molecule has 106 valence electrons. The highest BCUT2D eigenvalue weighted by Crippen LogP contribution is 2.21. The van der Waals surface area contributed by atoms with Crippen molar-refractivity contribution >= 4 is 15.9 Å². The molecule has 0 fully saturated rings. The molecule has 0 radical (unpaired) electrons. The Morgan fingerprint density at radius 1 is 1.05 bits per heavy atom. The summed E-state index contributed by atoms with van der Waals surface area (Å²) in [5.74, 6) is 0.805. The Kier molecular flexibility index (Phi) is 5.26. The van der Waals surface area contributed by atoms with Crippen molar-refractivity contribution in [1.82, 2.24) is 15.3 Å². The lowest BCUT2D eigenvalue weighted by molar-refractivity contribution is 0.708. The van der Waals surface area contributed by atoms with Gasteiger partial charge in [-0.3, -0.25) is 0 Å². The molecule has 0 unspecified atom stereocenters. The highest BCUT2D eigenvalue weighted by atomic mass is 79.9. The summed E-state index contributed by atoms with van der Waals surface area (Å²) in [5.41, 5.74) is 4.46. The van der Waals surface area contributed by atoms with Gasteiger partial charge in [0.15, 0.2) is 5.82 Å². The first-order valence-corrected chi connectivity index (χ1v) is 7.72. The summed E-state index contributed by atoms with van der Waals surface area (Å²) in [4.78, 5) is 9.32. The van der Waals surface area contributed by atoms with Gasteiger partial charge in [0.25, 0.3) is 0 Å². The van der Waals surface area contributed by atoms with E-state index in [4.69, 9.17) is 0 Å². The normalized spacial score (nSPS) is 10.8. The van der Waals surface area contributed by atoms with Gasteiger partial charge in [-0.25, -0.2) is 9.97 Å². The lowest BCUT2D eigenvalue weighted by Gasteiger charge is -2.11. The van der Waals surface area contributed by atoms with Crippen LogP contribution >= 0.6 is 15.9 Å². The highest BCUT2D eigenvalue weighted by molar-refractivity contribution is 9.10. The van der Waals surface area contributed by atoms with Gasteiger partial charge in [-0.15, -0.1) is 0 Å². The van der Waals surface area contributed by atoms with Crippen molar-refractivity contribution in [2.75, 3.05) is 13.1 Å². The Morgan fingerprint density at radius 2 is 1.65 bits per heavy atom. The number of nitrogens with one attached hydrogen (secondary N) is 1. The predicted octanol–water partition coefficient (Wildman–Crippen LogP) is 3.67. The van der Waals surface area contributed by atoms with Crippen LogP contribution in [0.5, 0.6) is 0 Å². The van der Waals surface area contributed by atoms with E-state index in [1.165, 1.54) is 5.56 Å². The minimum atomic E-state index is 0.805. The van der Waals surface area contributed by atoms with E-state index < -0.39 is 0 Å². The average molecular weight is 334 g/mol. The number of halogens is 1. The third-order valence-corrected chi connectivity index (χ3v) is 3.85. The molecule has 4 heteroatoms. The van der Waals surface area contributed by atoms with E-state index in [0.717, 1.165) is 46.8 Å². The lowest BCUT2D eigenvalue weighted by atomic mass is 10.1. The second-order valence-electron chi connectivity index (χ2n) is 4.81. The van der Waals surface area contributed by atoms with Gasteiger partial charge >= 0.3 is 0 Å². The minimum Gasteiger partial charge on any atom is -0.317 e. The number of rotatable bonds is 5. The molecule has 20 heavy (non-hydrogen) atoms. The lowest BCUT2D eigenvalue weighted by Crippen LogP contribution is -2.17. The number of likely N-dealkylation sites (N-methyl/N-ethyl adjacent to an activating group) is 1. The number of benzene rings is 1. The topological polar surface area (TPSA) is 37.8 Å². The van der Waals surface area contributed by atoms with Crippen LogP contribution in [0.15, 0.2) is 28.7 Å². The number of aromatic nitrogens is 2. The van der Waals surface area contributed by atoms with Gasteiger partial charge in [-0.1, -0.05) is 35.0 Å². The second kappa shape index (κ2) is 6.95. The van der Waals surface area contributed by atoms with Crippen LogP contribution in [0.3, 0.4) is 0 Å². The molecule has 3 nitrogen and oxygen atoms in total. The van der Waals surface area contributed by atoms with Crippen LogP contribution in [0, 0.1) is 13.8 Å². The molecule has 1 aromatic heterocycles. The van der Waals surface area contributed by atoms with Crippen molar-refractivity contribution in [3.05, 3.63) is 45.7 Å². The van der Waals surface area contributed by atoms with Crippen LogP contribution in [0.1, 0.15) is 23.9 Å². The molecule has 0 amide bonds. The van der Waals surface area contributed by atoms with Gasteiger partial charge in [-0.05, 0) is 51.1 Å². The maximum atomic E-state index is 4.66. The first kappa shape index (κ1) is 15.1. The summed E-state index contributed by atoms with van der Waals surface area (Å²) in [5, 5.41) is 3.34. The maximum absolute atomic E-state index is 4.66. The van der Waals surface area contributed by atoms with E-state index in [1.807, 2.05) is 24.3 Å². The minimum absolute atomic E-state index is 0.805. The summed E-state index contributed by atoms with van der Waals surface area (Å²) < 4.78 is 1.07. The molecular weight excluding hydrogens is 314 g/mol. The summed E-state index contributed by atoms with van der Waals surface area (Å²) in [6, 6.07) is 8.11. The molecule has 0 aliphatic rings. The van der Waals surface area contributed by atoms with Crippen LogP contribution in [-0.2, 0) is 6.42 Å². The molecule has 0 bridgehead atoms. The van der Waals surface area contributed by atoms with E-state index in [0.29, 0.717) is 0 Å². The SMILES string of the molecule is CCNCCc1c(C)nc(-c2ccc(Br)cc2)nc1C. The summed E-state index contributed by atoms with van der Waals surface area (Å²) in [6.45, 7) is 8.22. The van der Waals surface area contributed by atoms with E-state index in [9.17, 15) is 0 Å². The van der Waals surface area contributed by atoms with Crippen molar-refractivity contribution in [2.24, 2.45) is 0 Å². The van der Waals surface area contributed by atoms with Crippen LogP contribution in [-0.4, -0.2) is 23.1 Å². The van der Waals surface area contributed by atoms with Crippen molar-refractivity contribution < 1.29 is 0 Å². The first-order chi connectivity index (χ1) is 9.61. The molecule has 2 aromatic rings. The average Bonchev–Trinajstić information content (AvgIpc) is 2.42. The molecule has 1 aromatic carbocycles. The number of hydrogen-bond donors (Lipinski definition) is 1. The molecule has 0 saturated carbocycles. The third kappa shape index (κ3) is 3.64. The standard InChI is InChI=1S/C16H20BrN3/c1-4-18-10-9-15-11(2)19-16(20-12(15)3)13-5-7-14(17)8-6-13/h5-8,18H,4,9-10H2,1-3H3. The first-order valence-electron chi connectivity index (χ1n) is 6.92. The second-order valence-corrected chi connectivity index (χ2v) is 5.72. The van der Waals surface area contributed by atoms with E-state index in [1.54, 1.807) is 0 Å². The van der Waals surface area contributed by atoms with Gasteiger partial charge in [0.05, 0.1) is 0 Å². The zero-order valence-electron chi connectivity index (χ0n) is 12.2. The molecule has 0 atom stereocenters. The monoisotopic (exact) mass is 333 g/mol. The molecule has 1 heterocycles. The zero-order valence-corrected chi connectivity index (χ0v) is 13.8. The van der Waals surface area contributed by atoms with Crippen molar-refractivity contribution in [2.45, 2.75) is 27.2 Å². The van der Waals surface area contributed by atoms with E-state index in [2.05, 4.69) is 52.0 Å². The summed E-state index contributed by atoms with van der Waals surface area (Å²) >= 11 is 3.45. The molecule has 0 saturated heterocycles.